The number of carbonyl (C=O) groups excluding carboxylic acids is 2. The van der Waals surface area contributed by atoms with Crippen LogP contribution >= 0.6 is 11.3 Å². The molecule has 4 aromatic rings. The van der Waals surface area contributed by atoms with Gasteiger partial charge in [-0.05, 0) is 73.5 Å². The molecule has 12 heteroatoms. The van der Waals surface area contributed by atoms with Gasteiger partial charge < -0.3 is 18.9 Å². The van der Waals surface area contributed by atoms with E-state index in [1.165, 1.54) is 25.4 Å². The second kappa shape index (κ2) is 12.0. The van der Waals surface area contributed by atoms with Crippen molar-refractivity contribution >= 4 is 38.2 Å². The maximum Gasteiger partial charge on any atom is 0.337 e. The Labute approximate surface area is 240 Å². The lowest BCUT2D eigenvalue weighted by molar-refractivity contribution is -0.123. The number of hydrogen-bond acceptors (Lipinski definition) is 10. The molecule has 1 heterocycles. The van der Waals surface area contributed by atoms with Crippen LogP contribution < -0.4 is 19.5 Å². The van der Waals surface area contributed by atoms with Crippen LogP contribution in [0.2, 0.25) is 0 Å². The predicted molar refractivity (Wildman–Crippen MR) is 152 cm³/mol. The Bertz CT molecular complexity index is 1630. The van der Waals surface area contributed by atoms with Crippen LogP contribution in [0.4, 0.5) is 5.13 Å². The zero-order valence-corrected chi connectivity index (χ0v) is 23.7. The number of sulfone groups is 1. The molecule has 1 aliphatic rings. The van der Waals surface area contributed by atoms with E-state index in [4.69, 9.17) is 18.9 Å². The number of thiazole rings is 1. The van der Waals surface area contributed by atoms with Crippen molar-refractivity contribution in [3.05, 3.63) is 90.1 Å². The van der Waals surface area contributed by atoms with Crippen LogP contribution in [0.1, 0.15) is 34.9 Å². The number of hydrogen-bond donors (Lipinski definition) is 1. The number of carbonyl (C=O) groups is 2. The zero-order chi connectivity index (χ0) is 29.0. The molecule has 1 atom stereocenters. The highest BCUT2D eigenvalue weighted by molar-refractivity contribution is 7.92. The Kier molecular flexibility index (Phi) is 8.22. The molecule has 1 amide bonds. The average Bonchev–Trinajstić information content (AvgIpc) is 3.78. The number of nitrogens with one attached hydrogen (secondary N) is 1. The van der Waals surface area contributed by atoms with Gasteiger partial charge in [0.15, 0.2) is 15.0 Å². The van der Waals surface area contributed by atoms with Crippen LogP contribution in [-0.2, 0) is 19.4 Å². The average molecular weight is 595 g/mol. The molecule has 212 valence electrons. The van der Waals surface area contributed by atoms with Crippen LogP contribution in [0.3, 0.4) is 0 Å². The fraction of sp³-hybridized carbons (Fsp3) is 0.207. The van der Waals surface area contributed by atoms with Crippen LogP contribution in [0.25, 0.3) is 0 Å². The molecule has 1 aromatic heterocycles. The molecular weight excluding hydrogens is 568 g/mol. The molecule has 0 bridgehead atoms. The van der Waals surface area contributed by atoms with Crippen molar-refractivity contribution in [1.29, 1.82) is 0 Å². The molecule has 1 N–H and O–H groups in total. The highest BCUT2D eigenvalue weighted by Crippen LogP contribution is 2.35. The SMILES string of the molecule is COC(=O)c1ccc(Oc2cnc(NC(=O)C(Oc3ccc(OC)cc3)c3ccc(S(=O)(=O)C4CC4)cc3)s2)cc1. The first-order valence-corrected chi connectivity index (χ1v) is 14.9. The van der Waals surface area contributed by atoms with E-state index < -0.39 is 27.8 Å². The largest absolute Gasteiger partial charge is 0.497 e. The van der Waals surface area contributed by atoms with Gasteiger partial charge in [-0.15, -0.1) is 0 Å². The Hall–Kier alpha value is -4.42. The van der Waals surface area contributed by atoms with Gasteiger partial charge in [0.1, 0.15) is 17.2 Å². The monoisotopic (exact) mass is 594 g/mol. The molecule has 1 aliphatic carbocycles. The number of anilines is 1. The smallest absolute Gasteiger partial charge is 0.337 e. The molecule has 10 nitrogen and oxygen atoms in total. The Morgan fingerprint density at radius 3 is 2.15 bits per heavy atom. The lowest BCUT2D eigenvalue weighted by Gasteiger charge is -2.19. The fourth-order valence-corrected chi connectivity index (χ4v) is 6.24. The van der Waals surface area contributed by atoms with E-state index in [-0.39, 0.29) is 15.3 Å². The lowest BCUT2D eigenvalue weighted by Crippen LogP contribution is -2.25. The van der Waals surface area contributed by atoms with Crippen molar-refractivity contribution in [2.75, 3.05) is 19.5 Å². The maximum atomic E-state index is 13.4. The number of amides is 1. The summed E-state index contributed by atoms with van der Waals surface area (Å²) in [6.45, 7) is 0. The first-order chi connectivity index (χ1) is 19.8. The van der Waals surface area contributed by atoms with Crippen LogP contribution in [0.5, 0.6) is 22.3 Å². The number of methoxy groups -OCH3 is 2. The van der Waals surface area contributed by atoms with Gasteiger partial charge in [0.05, 0.1) is 36.1 Å². The third kappa shape index (κ3) is 6.67. The first-order valence-electron chi connectivity index (χ1n) is 12.5. The predicted octanol–water partition coefficient (Wildman–Crippen LogP) is 5.43. The van der Waals surface area contributed by atoms with Gasteiger partial charge in [-0.3, -0.25) is 10.1 Å². The quantitative estimate of drug-likeness (QED) is 0.226. The van der Waals surface area contributed by atoms with Crippen molar-refractivity contribution in [2.45, 2.75) is 29.1 Å². The number of nitrogens with zero attached hydrogens (tertiary/aromatic N) is 1. The molecule has 41 heavy (non-hydrogen) atoms. The van der Waals surface area contributed by atoms with Gasteiger partial charge in [-0.2, -0.15) is 0 Å². The molecule has 0 saturated heterocycles. The van der Waals surface area contributed by atoms with Crippen LogP contribution in [0.15, 0.2) is 83.9 Å². The van der Waals surface area contributed by atoms with E-state index in [0.717, 1.165) is 11.3 Å². The van der Waals surface area contributed by atoms with E-state index in [0.29, 0.717) is 46.3 Å². The first kappa shape index (κ1) is 28.1. The Morgan fingerprint density at radius 2 is 1.54 bits per heavy atom. The minimum absolute atomic E-state index is 0.216. The lowest BCUT2D eigenvalue weighted by atomic mass is 10.1. The summed E-state index contributed by atoms with van der Waals surface area (Å²) in [5.41, 5.74) is 0.852. The van der Waals surface area contributed by atoms with Gasteiger partial charge in [-0.25, -0.2) is 18.2 Å². The summed E-state index contributed by atoms with van der Waals surface area (Å²) in [6, 6.07) is 19.3. The summed E-state index contributed by atoms with van der Waals surface area (Å²) >= 11 is 1.10. The van der Waals surface area contributed by atoms with E-state index in [2.05, 4.69) is 10.3 Å². The number of aromatic nitrogens is 1. The third-order valence-corrected chi connectivity index (χ3v) is 9.30. The Morgan fingerprint density at radius 1 is 0.902 bits per heavy atom. The topological polar surface area (TPSA) is 130 Å². The van der Waals surface area contributed by atoms with Crippen molar-refractivity contribution in [3.63, 3.8) is 0 Å². The van der Waals surface area contributed by atoms with Gasteiger partial charge >= 0.3 is 5.97 Å². The minimum Gasteiger partial charge on any atom is -0.497 e. The maximum absolute atomic E-state index is 13.4. The molecule has 1 saturated carbocycles. The number of esters is 1. The normalized spacial score (nSPS) is 13.6. The number of benzene rings is 3. The molecule has 1 unspecified atom stereocenters. The summed E-state index contributed by atoms with van der Waals surface area (Å²) in [5.74, 6) is 0.551. The molecule has 3 aromatic carbocycles. The molecule has 0 spiro atoms. The van der Waals surface area contributed by atoms with E-state index in [1.54, 1.807) is 67.8 Å². The van der Waals surface area contributed by atoms with Crippen molar-refractivity contribution < 1.29 is 37.0 Å². The van der Waals surface area contributed by atoms with Gasteiger partial charge in [0.25, 0.3) is 5.91 Å². The molecular formula is C29H26N2O8S2. The fourth-order valence-electron chi connectivity index (χ4n) is 3.89. The molecule has 5 rings (SSSR count). The summed E-state index contributed by atoms with van der Waals surface area (Å²) in [7, 11) is -0.520. The summed E-state index contributed by atoms with van der Waals surface area (Å²) < 4.78 is 47.0. The minimum atomic E-state index is -3.38. The van der Waals surface area contributed by atoms with E-state index in [9.17, 15) is 18.0 Å². The van der Waals surface area contributed by atoms with Gasteiger partial charge in [-0.1, -0.05) is 23.5 Å². The zero-order valence-electron chi connectivity index (χ0n) is 22.1. The van der Waals surface area contributed by atoms with Crippen molar-refractivity contribution in [3.8, 4) is 22.3 Å². The second-order valence-electron chi connectivity index (χ2n) is 9.08. The van der Waals surface area contributed by atoms with Crippen LogP contribution in [0, 0.1) is 0 Å². The molecule has 0 radical (unpaired) electrons. The van der Waals surface area contributed by atoms with Gasteiger partial charge in [0.2, 0.25) is 11.2 Å². The standard InChI is InChI=1S/C29H26N2O8S2/c1-36-20-9-11-22(12-10-20)39-26(18-5-13-23(14-6-18)41(34,35)24-15-16-24)27(32)31-29-30-17-25(40-29)38-21-7-3-19(4-8-21)28(33)37-2/h3-14,17,24,26H,15-16H2,1-2H3,(H,30,31,32). The number of rotatable bonds is 11. The highest BCUT2D eigenvalue weighted by Gasteiger charge is 2.37. The third-order valence-electron chi connectivity index (χ3n) is 6.23. The van der Waals surface area contributed by atoms with Gasteiger partial charge in [0, 0.05) is 5.56 Å². The summed E-state index contributed by atoms with van der Waals surface area (Å²) in [6.07, 6.45) is 1.67. The molecule has 0 aliphatic heterocycles. The Balaban J connectivity index is 1.33. The summed E-state index contributed by atoms with van der Waals surface area (Å²) in [4.78, 5) is 29.5. The highest BCUT2D eigenvalue weighted by atomic mass is 32.2. The van der Waals surface area contributed by atoms with Crippen molar-refractivity contribution in [2.24, 2.45) is 0 Å². The van der Waals surface area contributed by atoms with E-state index in [1.807, 2.05) is 0 Å². The van der Waals surface area contributed by atoms with Crippen molar-refractivity contribution in [1.82, 2.24) is 4.98 Å². The second-order valence-corrected chi connectivity index (χ2v) is 12.3. The van der Waals surface area contributed by atoms with E-state index >= 15 is 0 Å². The van der Waals surface area contributed by atoms with Crippen LogP contribution in [-0.4, -0.2) is 44.7 Å². The number of ether oxygens (including phenoxy) is 4. The molecule has 1 fully saturated rings. The summed E-state index contributed by atoms with van der Waals surface area (Å²) in [5, 5.41) is 3.10.